The quantitative estimate of drug-likeness (QED) is 0.311. The lowest BCUT2D eigenvalue weighted by molar-refractivity contribution is 0.0969. The Morgan fingerprint density at radius 2 is 1.95 bits per heavy atom. The van der Waals surface area contributed by atoms with E-state index in [2.05, 4.69) is 55.3 Å². The van der Waals surface area contributed by atoms with E-state index in [4.69, 9.17) is 15.5 Å². The number of allylic oxidation sites excluding steroid dienone is 6. The lowest BCUT2D eigenvalue weighted by Gasteiger charge is -2.25. The Morgan fingerprint density at radius 3 is 2.68 bits per heavy atom. The molecule has 0 unspecified atom stereocenters. The monoisotopic (exact) mass is 547 g/mol. The number of carbonyl (C=O) groups excluding carboxylic acids is 1. The predicted molar refractivity (Wildman–Crippen MR) is 171 cm³/mol. The number of hydrogen-bond acceptors (Lipinski definition) is 5. The van der Waals surface area contributed by atoms with Gasteiger partial charge in [0.15, 0.2) is 5.78 Å². The number of rotatable bonds is 9. The van der Waals surface area contributed by atoms with Crippen LogP contribution in [0.25, 0.3) is 11.6 Å². The summed E-state index contributed by atoms with van der Waals surface area (Å²) < 4.78 is 5.55. The van der Waals surface area contributed by atoms with E-state index in [9.17, 15) is 4.79 Å². The van der Waals surface area contributed by atoms with E-state index >= 15 is 0 Å². The molecule has 0 radical (unpaired) electrons. The van der Waals surface area contributed by atoms with E-state index in [1.807, 2.05) is 37.4 Å². The summed E-state index contributed by atoms with van der Waals surface area (Å²) in [5.74, 6) is 1.66. The van der Waals surface area contributed by atoms with Crippen molar-refractivity contribution in [2.45, 2.75) is 64.8 Å². The highest BCUT2D eigenvalue weighted by Gasteiger charge is 2.25. The minimum absolute atomic E-state index is 0.229. The van der Waals surface area contributed by atoms with Crippen molar-refractivity contribution >= 4 is 28.8 Å². The number of aliphatic imine (C=N–C) groups is 1. The molecule has 0 saturated heterocycles. The molecule has 2 aromatic carbocycles. The predicted octanol–water partition coefficient (Wildman–Crippen LogP) is 8.11. The van der Waals surface area contributed by atoms with E-state index in [0.717, 1.165) is 100 Å². The number of benzene rings is 2. The second kappa shape index (κ2) is 12.7. The van der Waals surface area contributed by atoms with Crippen LogP contribution < -0.4 is 15.8 Å². The molecule has 1 aliphatic heterocycles. The van der Waals surface area contributed by atoms with Gasteiger partial charge < -0.3 is 15.8 Å². The third-order valence-corrected chi connectivity index (χ3v) is 8.65. The summed E-state index contributed by atoms with van der Waals surface area (Å²) >= 11 is 0. The number of methoxy groups -OCH3 is 1. The van der Waals surface area contributed by atoms with Crippen molar-refractivity contribution < 1.29 is 9.53 Å². The number of fused-ring (bicyclic) bond motifs is 1. The van der Waals surface area contributed by atoms with E-state index in [-0.39, 0.29) is 5.78 Å². The van der Waals surface area contributed by atoms with Crippen molar-refractivity contribution in [1.29, 1.82) is 0 Å². The van der Waals surface area contributed by atoms with E-state index in [1.165, 1.54) is 0 Å². The fourth-order valence-electron chi connectivity index (χ4n) is 6.21. The first-order valence-corrected chi connectivity index (χ1v) is 14.7. The van der Waals surface area contributed by atoms with Gasteiger partial charge in [0.25, 0.3) is 0 Å². The number of nitrogens with zero attached hydrogens (tertiary/aromatic N) is 1. The van der Waals surface area contributed by atoms with Gasteiger partial charge in [-0.05, 0) is 99.2 Å². The molecule has 2 aromatic rings. The van der Waals surface area contributed by atoms with Crippen LogP contribution >= 0.6 is 0 Å². The number of hydrogen-bond donors (Lipinski definition) is 2. The molecule has 0 atom stereocenters. The number of carbonyl (C=O) groups is 1. The van der Waals surface area contributed by atoms with Crippen LogP contribution in [0.4, 0.5) is 5.69 Å². The van der Waals surface area contributed by atoms with Gasteiger partial charge in [-0.15, -0.1) is 0 Å². The van der Waals surface area contributed by atoms with Gasteiger partial charge in [-0.3, -0.25) is 9.79 Å². The highest BCUT2D eigenvalue weighted by molar-refractivity contribution is 6.25. The van der Waals surface area contributed by atoms with Gasteiger partial charge in [0.05, 0.1) is 18.5 Å². The number of ketones is 1. The van der Waals surface area contributed by atoms with Gasteiger partial charge in [0, 0.05) is 46.6 Å². The second-order valence-electron chi connectivity index (χ2n) is 11.3. The zero-order chi connectivity index (χ0) is 28.9. The SMILES string of the molecule is C=Cc1c(OC)ccc(C2=CN=C3/C(Nc4ccc(C(=O)CC[C@H]5CC[C@H](N)CC5)c(C)c4)=C/C/C=C\C=C\23)c1C. The summed E-state index contributed by atoms with van der Waals surface area (Å²) in [4.78, 5) is 18.0. The van der Waals surface area contributed by atoms with Crippen molar-refractivity contribution in [2.24, 2.45) is 16.6 Å². The van der Waals surface area contributed by atoms with Crippen LogP contribution in [-0.4, -0.2) is 24.6 Å². The van der Waals surface area contributed by atoms with Crippen molar-refractivity contribution in [1.82, 2.24) is 0 Å². The molecular formula is C36H41N3O2. The Labute approximate surface area is 244 Å². The molecule has 1 fully saturated rings. The van der Waals surface area contributed by atoms with Crippen LogP contribution in [0.1, 0.15) is 77.6 Å². The second-order valence-corrected chi connectivity index (χ2v) is 11.3. The van der Waals surface area contributed by atoms with Gasteiger partial charge in [0.2, 0.25) is 0 Å². The van der Waals surface area contributed by atoms with Crippen molar-refractivity contribution in [2.75, 3.05) is 12.4 Å². The summed E-state index contributed by atoms with van der Waals surface area (Å²) in [6.07, 6.45) is 19.1. The Kier molecular flexibility index (Phi) is 8.84. The molecule has 0 aromatic heterocycles. The lowest BCUT2D eigenvalue weighted by Crippen LogP contribution is -2.26. The van der Waals surface area contributed by atoms with Gasteiger partial charge in [-0.2, -0.15) is 0 Å². The highest BCUT2D eigenvalue weighted by atomic mass is 16.5. The fourth-order valence-corrected chi connectivity index (χ4v) is 6.21. The smallest absolute Gasteiger partial charge is 0.163 e. The fraction of sp³-hybridized carbons (Fsp3) is 0.333. The van der Waals surface area contributed by atoms with Crippen molar-refractivity contribution in [3.05, 3.63) is 107 Å². The van der Waals surface area contributed by atoms with Crippen molar-refractivity contribution in [3.63, 3.8) is 0 Å². The number of nitrogens with one attached hydrogen (secondary N) is 1. The zero-order valence-electron chi connectivity index (χ0n) is 24.5. The summed E-state index contributed by atoms with van der Waals surface area (Å²) in [5, 5.41) is 3.61. The Hall–Kier alpha value is -3.96. The number of aryl methyl sites for hydroxylation is 1. The molecule has 0 bridgehead atoms. The lowest BCUT2D eigenvalue weighted by atomic mass is 9.83. The average molecular weight is 548 g/mol. The largest absolute Gasteiger partial charge is 0.496 e. The van der Waals surface area contributed by atoms with E-state index in [0.29, 0.717) is 18.4 Å². The van der Waals surface area contributed by atoms with Gasteiger partial charge in [-0.1, -0.05) is 43.0 Å². The molecule has 0 spiro atoms. The Morgan fingerprint density at radius 1 is 1.15 bits per heavy atom. The van der Waals surface area contributed by atoms with Crippen LogP contribution in [0.2, 0.25) is 0 Å². The summed E-state index contributed by atoms with van der Waals surface area (Å²) in [6, 6.07) is 10.5. The molecule has 3 N–H and O–H groups in total. The topological polar surface area (TPSA) is 76.7 Å². The van der Waals surface area contributed by atoms with Gasteiger partial charge >= 0.3 is 0 Å². The maximum absolute atomic E-state index is 13.1. The Bertz CT molecular complexity index is 1500. The summed E-state index contributed by atoms with van der Waals surface area (Å²) in [7, 11) is 1.68. The molecule has 0 amide bonds. The molecule has 5 nitrogen and oxygen atoms in total. The van der Waals surface area contributed by atoms with Crippen LogP contribution in [0.3, 0.4) is 0 Å². The molecule has 41 heavy (non-hydrogen) atoms. The number of nitrogens with two attached hydrogens (primary N) is 1. The maximum Gasteiger partial charge on any atom is 0.163 e. The Balaban J connectivity index is 1.31. The number of ether oxygens (including phenoxy) is 1. The number of Topliss-reactive ketones (excluding diaryl/α,β-unsaturated/α-hetero) is 1. The molecule has 1 saturated carbocycles. The third-order valence-electron chi connectivity index (χ3n) is 8.65. The summed E-state index contributed by atoms with van der Waals surface area (Å²) in [5.41, 5.74) is 16.0. The molecule has 5 rings (SSSR count). The zero-order valence-corrected chi connectivity index (χ0v) is 24.5. The highest BCUT2D eigenvalue weighted by Crippen LogP contribution is 2.38. The minimum atomic E-state index is 0.229. The molecule has 3 aliphatic rings. The minimum Gasteiger partial charge on any atom is -0.496 e. The molecule has 2 aliphatic carbocycles. The number of anilines is 1. The van der Waals surface area contributed by atoms with Crippen LogP contribution in [0, 0.1) is 19.8 Å². The van der Waals surface area contributed by atoms with E-state index < -0.39 is 0 Å². The van der Waals surface area contributed by atoms with Gasteiger partial charge in [0.1, 0.15) is 5.75 Å². The molecule has 212 valence electrons. The molecular weight excluding hydrogens is 506 g/mol. The molecule has 1 heterocycles. The normalized spacial score (nSPS) is 23.4. The maximum atomic E-state index is 13.1. The van der Waals surface area contributed by atoms with Gasteiger partial charge in [-0.25, -0.2) is 0 Å². The third kappa shape index (κ3) is 6.20. The van der Waals surface area contributed by atoms with E-state index in [1.54, 1.807) is 7.11 Å². The van der Waals surface area contributed by atoms with Crippen LogP contribution in [0.5, 0.6) is 5.75 Å². The van der Waals surface area contributed by atoms with Crippen molar-refractivity contribution in [3.8, 4) is 5.75 Å². The first-order valence-electron chi connectivity index (χ1n) is 14.7. The standard InChI is InChI=1S/C36H41N3O2/c1-5-28-24(3)30(18-20-35(28)41-4)32-22-38-36-31(32)9-7-6-8-10-33(36)39-27-16-17-29(23(2)21-27)34(40)19-13-25-11-14-26(37)15-12-25/h5-7,9-10,16-18,20-22,25-26,39H,1,8,11-15,19,37H2,2-4H3/b7-6-,31-9-,33-10-/t25-,26-. The average Bonchev–Trinajstić information content (AvgIpc) is 3.36. The molecule has 5 heteroatoms. The summed E-state index contributed by atoms with van der Waals surface area (Å²) in [6.45, 7) is 8.11. The first-order chi connectivity index (χ1) is 19.9. The first kappa shape index (κ1) is 28.6. The van der Waals surface area contributed by atoms with Crippen LogP contribution in [-0.2, 0) is 0 Å². The van der Waals surface area contributed by atoms with Crippen LogP contribution in [0.15, 0.2) is 83.7 Å².